The monoisotopic (exact) mass is 247 g/mol. The van der Waals surface area contributed by atoms with E-state index in [9.17, 15) is 9.59 Å². The fourth-order valence-electron chi connectivity index (χ4n) is 1.66. The van der Waals surface area contributed by atoms with E-state index < -0.39 is 5.91 Å². The number of rotatable bonds is 6. The second-order valence-corrected chi connectivity index (χ2v) is 4.43. The van der Waals surface area contributed by atoms with Crippen LogP contribution in [-0.2, 0) is 0 Å². The van der Waals surface area contributed by atoms with Gasteiger partial charge in [0.25, 0.3) is 5.91 Å². The minimum Gasteiger partial charge on any atom is -0.366 e. The van der Waals surface area contributed by atoms with Crippen LogP contribution in [0.15, 0.2) is 24.3 Å². The van der Waals surface area contributed by atoms with E-state index >= 15 is 0 Å². The van der Waals surface area contributed by atoms with Crippen LogP contribution in [0.4, 0.5) is 0 Å². The van der Waals surface area contributed by atoms with Gasteiger partial charge < -0.3 is 16.4 Å². The van der Waals surface area contributed by atoms with Crippen molar-refractivity contribution in [3.05, 3.63) is 35.4 Å². The van der Waals surface area contributed by atoms with Gasteiger partial charge in [0, 0.05) is 30.3 Å². The topological polar surface area (TPSA) is 84.2 Å². The Labute approximate surface area is 106 Å². The number of amides is 2. The molecule has 96 valence electrons. The van der Waals surface area contributed by atoms with Crippen molar-refractivity contribution < 1.29 is 9.59 Å². The minimum atomic E-state index is -0.528. The van der Waals surface area contributed by atoms with Crippen molar-refractivity contribution in [3.63, 3.8) is 0 Å². The Morgan fingerprint density at radius 2 is 1.94 bits per heavy atom. The van der Waals surface area contributed by atoms with Crippen LogP contribution in [0, 0.1) is 0 Å². The Morgan fingerprint density at radius 3 is 2.61 bits per heavy atom. The van der Waals surface area contributed by atoms with Crippen molar-refractivity contribution >= 4 is 11.8 Å². The molecule has 0 bridgehead atoms. The maximum atomic E-state index is 11.8. The Balaban J connectivity index is 1.83. The number of hydrogen-bond acceptors (Lipinski definition) is 3. The van der Waals surface area contributed by atoms with Gasteiger partial charge in [-0.25, -0.2) is 0 Å². The summed E-state index contributed by atoms with van der Waals surface area (Å²) in [6.45, 7) is 1.35. The smallest absolute Gasteiger partial charge is 0.251 e. The summed E-state index contributed by atoms with van der Waals surface area (Å²) in [5.41, 5.74) is 5.97. The molecule has 1 aliphatic rings. The minimum absolute atomic E-state index is 0.185. The predicted octanol–water partition coefficient (Wildman–Crippen LogP) is 0.267. The first-order valence-electron chi connectivity index (χ1n) is 6.08. The van der Waals surface area contributed by atoms with Gasteiger partial charge in [0.1, 0.15) is 0 Å². The highest BCUT2D eigenvalue weighted by atomic mass is 16.2. The number of primary amides is 1. The molecule has 0 unspecified atom stereocenters. The van der Waals surface area contributed by atoms with Crippen LogP contribution in [0.5, 0.6) is 0 Å². The van der Waals surface area contributed by atoms with E-state index in [4.69, 9.17) is 5.73 Å². The maximum absolute atomic E-state index is 11.8. The Morgan fingerprint density at radius 1 is 1.22 bits per heavy atom. The third kappa shape index (κ3) is 3.56. The third-order valence-electron chi connectivity index (χ3n) is 2.83. The predicted molar refractivity (Wildman–Crippen MR) is 68.3 cm³/mol. The lowest BCUT2D eigenvalue weighted by atomic mass is 10.1. The molecule has 4 N–H and O–H groups in total. The summed E-state index contributed by atoms with van der Waals surface area (Å²) < 4.78 is 0. The van der Waals surface area contributed by atoms with Gasteiger partial charge in [-0.3, -0.25) is 9.59 Å². The number of hydrogen-bond donors (Lipinski definition) is 3. The molecule has 0 aromatic heterocycles. The molecule has 1 saturated carbocycles. The highest BCUT2D eigenvalue weighted by Crippen LogP contribution is 2.17. The third-order valence-corrected chi connectivity index (χ3v) is 2.83. The highest BCUT2D eigenvalue weighted by Gasteiger charge is 2.19. The van der Waals surface area contributed by atoms with Gasteiger partial charge in [0.2, 0.25) is 5.91 Å². The highest BCUT2D eigenvalue weighted by molar-refractivity contribution is 5.99. The summed E-state index contributed by atoms with van der Waals surface area (Å²) in [7, 11) is 0. The molecule has 0 spiro atoms. The molecule has 0 saturated heterocycles. The van der Waals surface area contributed by atoms with Crippen LogP contribution in [-0.4, -0.2) is 30.9 Å². The van der Waals surface area contributed by atoms with E-state index in [0.717, 1.165) is 6.54 Å². The zero-order chi connectivity index (χ0) is 13.0. The molecule has 0 aliphatic heterocycles. The molecule has 2 rings (SSSR count). The summed E-state index contributed by atoms with van der Waals surface area (Å²) in [6, 6.07) is 7.05. The molecular formula is C13H17N3O2. The number of carbonyl (C=O) groups excluding carboxylic acids is 2. The SMILES string of the molecule is NC(=O)c1cccc(C(=O)NCCNC2CC2)c1. The van der Waals surface area contributed by atoms with Crippen LogP contribution in [0.25, 0.3) is 0 Å². The Hall–Kier alpha value is -1.88. The summed E-state index contributed by atoms with van der Waals surface area (Å²) in [5, 5.41) is 6.10. The van der Waals surface area contributed by atoms with E-state index in [-0.39, 0.29) is 5.91 Å². The molecule has 5 nitrogen and oxygen atoms in total. The molecular weight excluding hydrogens is 230 g/mol. The van der Waals surface area contributed by atoms with Crippen LogP contribution in [0.1, 0.15) is 33.6 Å². The standard InChI is InChI=1S/C13H17N3O2/c14-12(17)9-2-1-3-10(8-9)13(18)16-7-6-15-11-4-5-11/h1-3,8,11,15H,4-7H2,(H2,14,17)(H,16,18). The van der Waals surface area contributed by atoms with Crippen LogP contribution < -0.4 is 16.4 Å². The first kappa shape index (κ1) is 12.6. The van der Waals surface area contributed by atoms with Crippen molar-refractivity contribution in [2.75, 3.05) is 13.1 Å². The molecule has 0 heterocycles. The van der Waals surface area contributed by atoms with E-state index in [1.165, 1.54) is 18.9 Å². The van der Waals surface area contributed by atoms with E-state index in [0.29, 0.717) is 23.7 Å². The van der Waals surface area contributed by atoms with E-state index in [1.807, 2.05) is 0 Å². The van der Waals surface area contributed by atoms with Crippen molar-refractivity contribution in [3.8, 4) is 0 Å². The number of nitrogens with two attached hydrogens (primary N) is 1. The largest absolute Gasteiger partial charge is 0.366 e. The lowest BCUT2D eigenvalue weighted by Gasteiger charge is -2.06. The molecule has 1 aromatic rings. The molecule has 18 heavy (non-hydrogen) atoms. The van der Waals surface area contributed by atoms with E-state index in [1.54, 1.807) is 18.2 Å². The summed E-state index contributed by atoms with van der Waals surface area (Å²) in [5.74, 6) is -0.712. The van der Waals surface area contributed by atoms with Crippen molar-refractivity contribution in [2.45, 2.75) is 18.9 Å². The fourth-order valence-corrected chi connectivity index (χ4v) is 1.66. The summed E-state index contributed by atoms with van der Waals surface area (Å²) >= 11 is 0. The van der Waals surface area contributed by atoms with Gasteiger partial charge >= 0.3 is 0 Å². The molecule has 1 fully saturated rings. The quantitative estimate of drug-likeness (QED) is 0.631. The van der Waals surface area contributed by atoms with Gasteiger partial charge in [-0.1, -0.05) is 6.07 Å². The van der Waals surface area contributed by atoms with Gasteiger partial charge in [-0.2, -0.15) is 0 Å². The first-order chi connectivity index (χ1) is 8.66. The fraction of sp³-hybridized carbons (Fsp3) is 0.385. The first-order valence-corrected chi connectivity index (χ1v) is 6.08. The average Bonchev–Trinajstić information content (AvgIpc) is 3.18. The normalized spacial score (nSPS) is 14.2. The van der Waals surface area contributed by atoms with Gasteiger partial charge in [-0.05, 0) is 31.0 Å². The van der Waals surface area contributed by atoms with Gasteiger partial charge in [-0.15, -0.1) is 0 Å². The summed E-state index contributed by atoms with van der Waals surface area (Å²) in [4.78, 5) is 22.8. The lowest BCUT2D eigenvalue weighted by molar-refractivity contribution is 0.0954. The average molecular weight is 247 g/mol. The van der Waals surface area contributed by atoms with Crippen molar-refractivity contribution in [1.29, 1.82) is 0 Å². The second kappa shape index (κ2) is 5.64. The molecule has 1 aliphatic carbocycles. The molecule has 5 heteroatoms. The molecule has 0 atom stereocenters. The van der Waals surface area contributed by atoms with Crippen LogP contribution in [0.2, 0.25) is 0 Å². The maximum Gasteiger partial charge on any atom is 0.251 e. The Bertz CT molecular complexity index is 455. The van der Waals surface area contributed by atoms with E-state index in [2.05, 4.69) is 10.6 Å². The number of nitrogens with one attached hydrogen (secondary N) is 2. The molecule has 2 amide bonds. The number of benzene rings is 1. The van der Waals surface area contributed by atoms with Gasteiger partial charge in [0.15, 0.2) is 0 Å². The zero-order valence-corrected chi connectivity index (χ0v) is 10.1. The van der Waals surface area contributed by atoms with Crippen LogP contribution in [0.3, 0.4) is 0 Å². The number of carbonyl (C=O) groups is 2. The zero-order valence-electron chi connectivity index (χ0n) is 10.1. The molecule has 0 radical (unpaired) electrons. The van der Waals surface area contributed by atoms with Gasteiger partial charge in [0.05, 0.1) is 0 Å². The van der Waals surface area contributed by atoms with Crippen molar-refractivity contribution in [1.82, 2.24) is 10.6 Å². The Kier molecular flexibility index (Phi) is 3.94. The second-order valence-electron chi connectivity index (χ2n) is 4.43. The van der Waals surface area contributed by atoms with Crippen molar-refractivity contribution in [2.24, 2.45) is 5.73 Å². The molecule has 1 aromatic carbocycles. The lowest BCUT2D eigenvalue weighted by Crippen LogP contribution is -2.32. The van der Waals surface area contributed by atoms with Crippen LogP contribution >= 0.6 is 0 Å². The summed E-state index contributed by atoms with van der Waals surface area (Å²) in [6.07, 6.45) is 2.46.